The number of aromatic hydroxyl groups is 1. The second-order valence-corrected chi connectivity index (χ2v) is 6.37. The van der Waals surface area contributed by atoms with Crippen molar-refractivity contribution >= 4 is 11.6 Å². The molecule has 0 aromatic heterocycles. The minimum atomic E-state index is -0.498. The third kappa shape index (κ3) is 3.23. The maximum Gasteiger partial charge on any atom is 0.235 e. The zero-order valence-electron chi connectivity index (χ0n) is 13.9. The van der Waals surface area contributed by atoms with Gasteiger partial charge in [-0.3, -0.25) is 4.79 Å². The summed E-state index contributed by atoms with van der Waals surface area (Å²) in [6.45, 7) is 0. The molecule has 1 aliphatic carbocycles. The SMILES string of the molecule is COc1ccc(C2(C(=O)Nc3ccc(O)cc3)CCCCC2)cc1. The van der Waals surface area contributed by atoms with Gasteiger partial charge < -0.3 is 15.2 Å². The van der Waals surface area contributed by atoms with Crippen molar-refractivity contribution in [2.24, 2.45) is 0 Å². The molecule has 1 aliphatic rings. The molecule has 0 heterocycles. The van der Waals surface area contributed by atoms with Crippen molar-refractivity contribution in [1.29, 1.82) is 0 Å². The number of benzene rings is 2. The standard InChI is InChI=1S/C20H23NO3/c1-24-18-11-5-15(6-12-18)20(13-3-2-4-14-20)19(23)21-16-7-9-17(22)10-8-16/h5-12,22H,2-4,13-14H2,1H3,(H,21,23). The van der Waals surface area contributed by atoms with Crippen LogP contribution < -0.4 is 10.1 Å². The summed E-state index contributed by atoms with van der Waals surface area (Å²) in [7, 11) is 1.64. The van der Waals surface area contributed by atoms with Crippen LogP contribution in [0.15, 0.2) is 48.5 Å². The molecule has 24 heavy (non-hydrogen) atoms. The van der Waals surface area contributed by atoms with Crippen molar-refractivity contribution in [1.82, 2.24) is 0 Å². The summed E-state index contributed by atoms with van der Waals surface area (Å²) in [6, 6.07) is 14.4. The van der Waals surface area contributed by atoms with Crippen molar-refractivity contribution in [3.05, 3.63) is 54.1 Å². The highest BCUT2D eigenvalue weighted by Crippen LogP contribution is 2.41. The second-order valence-electron chi connectivity index (χ2n) is 6.37. The fraction of sp³-hybridized carbons (Fsp3) is 0.350. The molecule has 0 unspecified atom stereocenters. The van der Waals surface area contributed by atoms with Gasteiger partial charge in [0.1, 0.15) is 11.5 Å². The highest BCUT2D eigenvalue weighted by Gasteiger charge is 2.41. The Morgan fingerprint density at radius 2 is 1.62 bits per heavy atom. The summed E-state index contributed by atoms with van der Waals surface area (Å²) in [5.74, 6) is 1.01. The quantitative estimate of drug-likeness (QED) is 0.827. The number of anilines is 1. The summed E-state index contributed by atoms with van der Waals surface area (Å²) < 4.78 is 5.23. The predicted octanol–water partition coefficient (Wildman–Crippen LogP) is 4.24. The maximum absolute atomic E-state index is 13.1. The Kier molecular flexibility index (Phi) is 4.74. The van der Waals surface area contributed by atoms with Crippen LogP contribution in [0, 0.1) is 0 Å². The zero-order chi connectivity index (χ0) is 17.0. The van der Waals surface area contributed by atoms with Crippen molar-refractivity contribution in [2.45, 2.75) is 37.5 Å². The molecule has 2 aromatic rings. The lowest BCUT2D eigenvalue weighted by Crippen LogP contribution is -2.42. The predicted molar refractivity (Wildman–Crippen MR) is 94.5 cm³/mol. The summed E-state index contributed by atoms with van der Waals surface area (Å²) in [5.41, 5.74) is 1.25. The number of carbonyl (C=O) groups excluding carboxylic acids is 1. The number of nitrogens with one attached hydrogen (secondary N) is 1. The molecule has 3 rings (SSSR count). The van der Waals surface area contributed by atoms with Gasteiger partial charge in [-0.25, -0.2) is 0 Å². The lowest BCUT2D eigenvalue weighted by molar-refractivity contribution is -0.122. The van der Waals surface area contributed by atoms with Gasteiger partial charge in [-0.15, -0.1) is 0 Å². The van der Waals surface area contributed by atoms with Gasteiger partial charge in [0.2, 0.25) is 5.91 Å². The molecule has 2 aromatic carbocycles. The zero-order valence-corrected chi connectivity index (χ0v) is 13.9. The van der Waals surface area contributed by atoms with E-state index in [0.717, 1.165) is 37.0 Å². The molecule has 2 N–H and O–H groups in total. The monoisotopic (exact) mass is 325 g/mol. The van der Waals surface area contributed by atoms with Gasteiger partial charge in [-0.1, -0.05) is 31.4 Å². The number of methoxy groups -OCH3 is 1. The Morgan fingerprint density at radius 1 is 1.00 bits per heavy atom. The number of phenolic OH excluding ortho intramolecular Hbond substituents is 1. The summed E-state index contributed by atoms with van der Waals surface area (Å²) >= 11 is 0. The average molecular weight is 325 g/mol. The first kappa shape index (κ1) is 16.4. The molecule has 0 spiro atoms. The van der Waals surface area contributed by atoms with Crippen LogP contribution in [0.3, 0.4) is 0 Å². The van der Waals surface area contributed by atoms with Gasteiger partial charge in [0.15, 0.2) is 0 Å². The topological polar surface area (TPSA) is 58.6 Å². The minimum Gasteiger partial charge on any atom is -0.508 e. The number of amides is 1. The number of rotatable bonds is 4. The second kappa shape index (κ2) is 6.95. The van der Waals surface area contributed by atoms with Crippen molar-refractivity contribution in [2.75, 3.05) is 12.4 Å². The van der Waals surface area contributed by atoms with E-state index in [1.165, 1.54) is 6.42 Å². The fourth-order valence-corrected chi connectivity index (χ4v) is 3.51. The van der Waals surface area contributed by atoms with Crippen molar-refractivity contribution < 1.29 is 14.6 Å². The van der Waals surface area contributed by atoms with E-state index in [9.17, 15) is 9.90 Å². The van der Waals surface area contributed by atoms with Crippen molar-refractivity contribution in [3.8, 4) is 11.5 Å². The Balaban J connectivity index is 1.89. The molecule has 0 aliphatic heterocycles. The molecule has 0 saturated heterocycles. The first-order chi connectivity index (χ1) is 11.6. The van der Waals surface area contributed by atoms with E-state index in [1.807, 2.05) is 24.3 Å². The highest BCUT2D eigenvalue weighted by atomic mass is 16.5. The van der Waals surface area contributed by atoms with E-state index < -0.39 is 5.41 Å². The number of carbonyl (C=O) groups is 1. The molecule has 1 saturated carbocycles. The molecule has 1 amide bonds. The Labute approximate surface area is 142 Å². The summed E-state index contributed by atoms with van der Waals surface area (Å²) in [6.07, 6.45) is 4.97. The maximum atomic E-state index is 13.1. The van der Waals surface area contributed by atoms with Crippen LogP contribution in [-0.2, 0) is 10.2 Å². The molecule has 126 valence electrons. The first-order valence-electron chi connectivity index (χ1n) is 8.39. The van der Waals surface area contributed by atoms with Crippen LogP contribution in [0.25, 0.3) is 0 Å². The third-order valence-corrected chi connectivity index (χ3v) is 4.91. The molecule has 0 bridgehead atoms. The van der Waals surface area contributed by atoms with Crippen molar-refractivity contribution in [3.63, 3.8) is 0 Å². The van der Waals surface area contributed by atoms with Gasteiger partial charge >= 0.3 is 0 Å². The lowest BCUT2D eigenvalue weighted by atomic mass is 9.68. The van der Waals surface area contributed by atoms with Gasteiger partial charge in [-0.2, -0.15) is 0 Å². The van der Waals surface area contributed by atoms with Crippen LogP contribution in [0.2, 0.25) is 0 Å². The number of hydrogen-bond acceptors (Lipinski definition) is 3. The van der Waals surface area contributed by atoms with Crippen LogP contribution >= 0.6 is 0 Å². The van der Waals surface area contributed by atoms with E-state index in [2.05, 4.69) is 5.32 Å². The Bertz CT molecular complexity index is 686. The van der Waals surface area contributed by atoms with Crippen LogP contribution in [0.4, 0.5) is 5.69 Å². The highest BCUT2D eigenvalue weighted by molar-refractivity contribution is 5.99. The van der Waals surface area contributed by atoms with E-state index in [4.69, 9.17) is 4.74 Å². The molecule has 1 fully saturated rings. The first-order valence-corrected chi connectivity index (χ1v) is 8.39. The van der Waals surface area contributed by atoms with E-state index >= 15 is 0 Å². The van der Waals surface area contributed by atoms with E-state index in [1.54, 1.807) is 31.4 Å². The number of phenols is 1. The average Bonchev–Trinajstić information content (AvgIpc) is 2.64. The van der Waals surface area contributed by atoms with Gasteiger partial charge in [-0.05, 0) is 54.8 Å². The van der Waals surface area contributed by atoms with Gasteiger partial charge in [0.25, 0.3) is 0 Å². The molecular weight excluding hydrogens is 302 g/mol. The number of hydrogen-bond donors (Lipinski definition) is 2. The Hall–Kier alpha value is -2.49. The van der Waals surface area contributed by atoms with Gasteiger partial charge in [0.05, 0.1) is 12.5 Å². The normalized spacial score (nSPS) is 16.4. The van der Waals surface area contributed by atoms with Gasteiger partial charge in [0, 0.05) is 5.69 Å². The molecular formula is C20H23NO3. The largest absolute Gasteiger partial charge is 0.508 e. The van der Waals surface area contributed by atoms with Crippen LogP contribution in [-0.4, -0.2) is 18.1 Å². The lowest BCUT2D eigenvalue weighted by Gasteiger charge is -2.36. The summed E-state index contributed by atoms with van der Waals surface area (Å²) in [5, 5.41) is 12.4. The molecule has 4 nitrogen and oxygen atoms in total. The third-order valence-electron chi connectivity index (χ3n) is 4.91. The Morgan fingerprint density at radius 3 is 2.21 bits per heavy atom. The minimum absolute atomic E-state index is 0.0260. The molecule has 0 radical (unpaired) electrons. The smallest absolute Gasteiger partial charge is 0.235 e. The number of ether oxygens (including phenoxy) is 1. The fourth-order valence-electron chi connectivity index (χ4n) is 3.51. The summed E-state index contributed by atoms with van der Waals surface area (Å²) in [4.78, 5) is 13.1. The van der Waals surface area contributed by atoms with E-state index in [-0.39, 0.29) is 11.7 Å². The van der Waals surface area contributed by atoms with E-state index in [0.29, 0.717) is 5.69 Å². The molecule has 0 atom stereocenters. The van der Waals surface area contributed by atoms with Crippen LogP contribution in [0.1, 0.15) is 37.7 Å². The molecule has 4 heteroatoms. The van der Waals surface area contributed by atoms with Crippen LogP contribution in [0.5, 0.6) is 11.5 Å².